The van der Waals surface area contributed by atoms with Crippen LogP contribution in [0.1, 0.15) is 25.1 Å². The highest BCUT2D eigenvalue weighted by Gasteiger charge is 2.27. The van der Waals surface area contributed by atoms with E-state index in [-0.39, 0.29) is 11.8 Å². The van der Waals surface area contributed by atoms with Crippen molar-refractivity contribution < 1.29 is 9.53 Å². The molecule has 1 saturated heterocycles. The maximum atomic E-state index is 12.4. The number of carbonyl (C=O) groups is 1. The topological polar surface area (TPSA) is 47.4 Å². The van der Waals surface area contributed by atoms with E-state index in [4.69, 9.17) is 4.74 Å². The SMILES string of the molecule is CN(C[C@H]1CCc2nccn2C1)C(=O)[C@H]1CCCOC1. The van der Waals surface area contributed by atoms with Gasteiger partial charge in [-0.05, 0) is 25.2 Å². The van der Waals surface area contributed by atoms with Gasteiger partial charge in [-0.2, -0.15) is 0 Å². The number of hydrogen-bond donors (Lipinski definition) is 0. The molecule has 1 amide bonds. The second kappa shape index (κ2) is 5.95. The average molecular weight is 277 g/mol. The van der Waals surface area contributed by atoms with Crippen LogP contribution in [0.2, 0.25) is 0 Å². The minimum absolute atomic E-state index is 0.0705. The highest BCUT2D eigenvalue weighted by atomic mass is 16.5. The van der Waals surface area contributed by atoms with E-state index in [1.165, 1.54) is 5.82 Å². The molecule has 0 spiro atoms. The van der Waals surface area contributed by atoms with E-state index in [2.05, 4.69) is 9.55 Å². The van der Waals surface area contributed by atoms with Gasteiger partial charge in [0, 0.05) is 45.6 Å². The molecule has 0 bridgehead atoms. The Balaban J connectivity index is 1.54. The number of hydrogen-bond acceptors (Lipinski definition) is 3. The van der Waals surface area contributed by atoms with Crippen LogP contribution in [0, 0.1) is 11.8 Å². The number of ether oxygens (including phenoxy) is 1. The summed E-state index contributed by atoms with van der Waals surface area (Å²) in [5.41, 5.74) is 0. The normalized spacial score (nSPS) is 26.1. The fourth-order valence-electron chi connectivity index (χ4n) is 3.31. The van der Waals surface area contributed by atoms with Crippen LogP contribution in [-0.4, -0.2) is 47.2 Å². The van der Waals surface area contributed by atoms with Gasteiger partial charge in [-0.1, -0.05) is 0 Å². The fraction of sp³-hybridized carbons (Fsp3) is 0.733. The fourth-order valence-corrected chi connectivity index (χ4v) is 3.31. The third kappa shape index (κ3) is 2.87. The Bertz CT molecular complexity index is 465. The van der Waals surface area contributed by atoms with Crippen LogP contribution in [0.15, 0.2) is 12.4 Å². The molecule has 0 aliphatic carbocycles. The molecular formula is C15H23N3O2. The molecular weight excluding hydrogens is 254 g/mol. The van der Waals surface area contributed by atoms with Gasteiger partial charge in [0.1, 0.15) is 5.82 Å². The Morgan fingerprint density at radius 1 is 1.55 bits per heavy atom. The van der Waals surface area contributed by atoms with Gasteiger partial charge in [0.25, 0.3) is 0 Å². The van der Waals surface area contributed by atoms with Gasteiger partial charge in [0.05, 0.1) is 12.5 Å². The Morgan fingerprint density at radius 2 is 2.45 bits per heavy atom. The molecule has 20 heavy (non-hydrogen) atoms. The van der Waals surface area contributed by atoms with E-state index >= 15 is 0 Å². The van der Waals surface area contributed by atoms with Crippen molar-refractivity contribution in [2.45, 2.75) is 32.2 Å². The predicted octanol–water partition coefficient (Wildman–Crippen LogP) is 1.33. The van der Waals surface area contributed by atoms with E-state index < -0.39 is 0 Å². The highest BCUT2D eigenvalue weighted by molar-refractivity contribution is 5.78. The first-order chi connectivity index (χ1) is 9.74. The van der Waals surface area contributed by atoms with E-state index in [0.29, 0.717) is 12.5 Å². The smallest absolute Gasteiger partial charge is 0.227 e. The third-order valence-corrected chi connectivity index (χ3v) is 4.45. The van der Waals surface area contributed by atoms with Gasteiger partial charge in [0.15, 0.2) is 0 Å². The van der Waals surface area contributed by atoms with Gasteiger partial charge in [-0.25, -0.2) is 4.98 Å². The Hall–Kier alpha value is -1.36. The van der Waals surface area contributed by atoms with Crippen molar-refractivity contribution in [3.63, 3.8) is 0 Å². The molecule has 0 unspecified atom stereocenters. The van der Waals surface area contributed by atoms with Crippen molar-refractivity contribution in [1.82, 2.24) is 14.5 Å². The lowest BCUT2D eigenvalue weighted by Crippen LogP contribution is -2.41. The van der Waals surface area contributed by atoms with Gasteiger partial charge in [-0.3, -0.25) is 4.79 Å². The predicted molar refractivity (Wildman–Crippen MR) is 75.2 cm³/mol. The van der Waals surface area contributed by atoms with Crippen LogP contribution in [0.3, 0.4) is 0 Å². The Kier molecular flexibility index (Phi) is 4.05. The van der Waals surface area contributed by atoms with E-state index in [1.807, 2.05) is 24.3 Å². The Labute approximate surface area is 119 Å². The summed E-state index contributed by atoms with van der Waals surface area (Å²) in [5, 5.41) is 0. The van der Waals surface area contributed by atoms with Crippen LogP contribution in [0.5, 0.6) is 0 Å². The van der Waals surface area contributed by atoms with E-state index in [9.17, 15) is 4.79 Å². The molecule has 2 atom stereocenters. The molecule has 3 rings (SSSR count). The summed E-state index contributed by atoms with van der Waals surface area (Å²) in [6, 6.07) is 0. The Morgan fingerprint density at radius 3 is 3.25 bits per heavy atom. The first kappa shape index (κ1) is 13.6. The zero-order valence-corrected chi connectivity index (χ0v) is 12.1. The molecule has 5 heteroatoms. The maximum Gasteiger partial charge on any atom is 0.227 e. The molecule has 0 N–H and O–H groups in total. The highest BCUT2D eigenvalue weighted by Crippen LogP contribution is 2.21. The van der Waals surface area contributed by atoms with Gasteiger partial charge >= 0.3 is 0 Å². The van der Waals surface area contributed by atoms with Gasteiger partial charge in [-0.15, -0.1) is 0 Å². The second-order valence-corrected chi connectivity index (χ2v) is 6.03. The van der Waals surface area contributed by atoms with Crippen molar-refractivity contribution in [3.05, 3.63) is 18.2 Å². The van der Waals surface area contributed by atoms with Crippen LogP contribution < -0.4 is 0 Å². The maximum absolute atomic E-state index is 12.4. The minimum atomic E-state index is 0.0705. The minimum Gasteiger partial charge on any atom is -0.381 e. The number of amides is 1. The molecule has 5 nitrogen and oxygen atoms in total. The molecule has 0 saturated carbocycles. The molecule has 110 valence electrons. The average Bonchev–Trinajstić information content (AvgIpc) is 2.95. The number of rotatable bonds is 3. The number of imidazole rings is 1. The first-order valence-electron chi connectivity index (χ1n) is 7.57. The lowest BCUT2D eigenvalue weighted by atomic mass is 9.97. The largest absolute Gasteiger partial charge is 0.381 e. The number of aromatic nitrogens is 2. The number of nitrogens with zero attached hydrogens (tertiary/aromatic N) is 3. The molecule has 2 aliphatic heterocycles. The van der Waals surface area contributed by atoms with Crippen LogP contribution in [-0.2, 0) is 22.5 Å². The molecule has 0 aromatic carbocycles. The second-order valence-electron chi connectivity index (χ2n) is 6.03. The first-order valence-corrected chi connectivity index (χ1v) is 7.57. The van der Waals surface area contributed by atoms with E-state index in [0.717, 1.165) is 45.4 Å². The van der Waals surface area contributed by atoms with Crippen molar-refractivity contribution >= 4 is 5.91 Å². The molecule has 1 aromatic heterocycles. The summed E-state index contributed by atoms with van der Waals surface area (Å²) in [6.45, 7) is 3.22. The monoisotopic (exact) mass is 277 g/mol. The van der Waals surface area contributed by atoms with E-state index in [1.54, 1.807) is 0 Å². The van der Waals surface area contributed by atoms with Crippen molar-refractivity contribution in [3.8, 4) is 0 Å². The molecule has 3 heterocycles. The molecule has 1 aromatic rings. The summed E-state index contributed by atoms with van der Waals surface area (Å²) in [6.07, 6.45) is 8.03. The summed E-state index contributed by atoms with van der Waals surface area (Å²) in [7, 11) is 1.93. The third-order valence-electron chi connectivity index (χ3n) is 4.45. The summed E-state index contributed by atoms with van der Waals surface area (Å²) >= 11 is 0. The van der Waals surface area contributed by atoms with Crippen LogP contribution >= 0.6 is 0 Å². The summed E-state index contributed by atoms with van der Waals surface area (Å²) in [5.74, 6) is 2.04. The zero-order valence-electron chi connectivity index (χ0n) is 12.1. The lowest BCUT2D eigenvalue weighted by Gasteiger charge is -2.31. The number of carbonyl (C=O) groups excluding carboxylic acids is 1. The summed E-state index contributed by atoms with van der Waals surface area (Å²) < 4.78 is 7.64. The molecule has 2 aliphatic rings. The quantitative estimate of drug-likeness (QED) is 0.837. The van der Waals surface area contributed by atoms with Crippen molar-refractivity contribution in [2.24, 2.45) is 11.8 Å². The number of aryl methyl sites for hydroxylation is 1. The van der Waals surface area contributed by atoms with Gasteiger partial charge < -0.3 is 14.2 Å². The lowest BCUT2D eigenvalue weighted by molar-refractivity contribution is -0.139. The van der Waals surface area contributed by atoms with Crippen molar-refractivity contribution in [1.29, 1.82) is 0 Å². The zero-order chi connectivity index (χ0) is 13.9. The summed E-state index contributed by atoms with van der Waals surface area (Å²) in [4.78, 5) is 18.6. The number of fused-ring (bicyclic) bond motifs is 1. The van der Waals surface area contributed by atoms with Crippen LogP contribution in [0.4, 0.5) is 0 Å². The van der Waals surface area contributed by atoms with Crippen LogP contribution in [0.25, 0.3) is 0 Å². The van der Waals surface area contributed by atoms with Gasteiger partial charge in [0.2, 0.25) is 5.91 Å². The molecule has 0 radical (unpaired) electrons. The molecule has 1 fully saturated rings. The standard InChI is InChI=1S/C15H23N3O2/c1-17(15(19)13-3-2-8-20-11-13)9-12-4-5-14-16-6-7-18(14)10-12/h6-7,12-13H,2-5,8-11H2,1H3/t12-,13+/m1/s1. The van der Waals surface area contributed by atoms with Crippen molar-refractivity contribution in [2.75, 3.05) is 26.8 Å².